The third kappa shape index (κ3) is 3.03. The number of anilines is 1. The first-order valence-electron chi connectivity index (χ1n) is 10.8. The van der Waals surface area contributed by atoms with E-state index in [0.717, 1.165) is 66.6 Å². The van der Waals surface area contributed by atoms with Gasteiger partial charge >= 0.3 is 0 Å². The third-order valence-electron chi connectivity index (χ3n) is 6.67. The summed E-state index contributed by atoms with van der Waals surface area (Å²) in [4.78, 5) is 27.3. The number of rotatable bonds is 4. The normalized spacial score (nSPS) is 23.4. The number of carbonyl (C=O) groups is 1. The summed E-state index contributed by atoms with van der Waals surface area (Å²) >= 11 is 0. The summed E-state index contributed by atoms with van der Waals surface area (Å²) in [5, 5.41) is 12.3. The smallest absolute Gasteiger partial charge is 0.228 e. The van der Waals surface area contributed by atoms with Gasteiger partial charge in [0.05, 0.1) is 5.41 Å². The van der Waals surface area contributed by atoms with Crippen LogP contribution in [0.3, 0.4) is 0 Å². The van der Waals surface area contributed by atoms with Crippen molar-refractivity contribution >= 4 is 28.5 Å². The summed E-state index contributed by atoms with van der Waals surface area (Å²) in [6.45, 7) is 3.90. The Labute approximate surface area is 178 Å². The molecule has 0 spiro atoms. The molecule has 4 aromatic rings. The van der Waals surface area contributed by atoms with Crippen molar-refractivity contribution in [3.63, 3.8) is 0 Å². The van der Waals surface area contributed by atoms with E-state index in [1.807, 2.05) is 40.0 Å². The van der Waals surface area contributed by atoms with E-state index in [1.165, 1.54) is 0 Å². The zero-order chi connectivity index (χ0) is 21.0. The number of amides is 1. The molecule has 4 aromatic heterocycles. The van der Waals surface area contributed by atoms with E-state index in [0.29, 0.717) is 11.9 Å². The van der Waals surface area contributed by atoms with Crippen molar-refractivity contribution < 1.29 is 4.79 Å². The van der Waals surface area contributed by atoms with Crippen LogP contribution in [-0.4, -0.2) is 59.5 Å². The molecule has 0 radical (unpaired) electrons. The first-order valence-corrected chi connectivity index (χ1v) is 10.8. The van der Waals surface area contributed by atoms with Crippen molar-refractivity contribution in [2.75, 3.05) is 18.4 Å². The largest absolute Gasteiger partial charge is 0.351 e. The van der Waals surface area contributed by atoms with Crippen LogP contribution in [0.1, 0.15) is 32.6 Å². The number of pyridine rings is 1. The molecule has 0 aromatic carbocycles. The Hall–Kier alpha value is -3.49. The van der Waals surface area contributed by atoms with Crippen LogP contribution < -0.4 is 5.32 Å². The molecular weight excluding hydrogens is 392 g/mol. The first-order chi connectivity index (χ1) is 15.1. The molecule has 9 heteroatoms. The van der Waals surface area contributed by atoms with Crippen LogP contribution in [0, 0.1) is 5.41 Å². The number of likely N-dealkylation sites (tertiary alicyclic amines) is 1. The number of aromatic nitrogens is 6. The van der Waals surface area contributed by atoms with Gasteiger partial charge in [0, 0.05) is 54.2 Å². The number of hydrogen-bond donors (Lipinski definition) is 2. The molecule has 1 aliphatic carbocycles. The molecule has 0 atom stereocenters. The summed E-state index contributed by atoms with van der Waals surface area (Å²) in [5.74, 6) is 0.898. The Morgan fingerprint density at radius 1 is 1.26 bits per heavy atom. The van der Waals surface area contributed by atoms with Gasteiger partial charge in [-0.3, -0.25) is 9.20 Å². The molecule has 1 amide bonds. The van der Waals surface area contributed by atoms with Crippen molar-refractivity contribution in [2.24, 2.45) is 5.41 Å². The fourth-order valence-electron chi connectivity index (χ4n) is 4.99. The summed E-state index contributed by atoms with van der Waals surface area (Å²) in [5.41, 5.74) is 3.41. The van der Waals surface area contributed by atoms with Crippen molar-refractivity contribution in [3.05, 3.63) is 37.1 Å². The lowest BCUT2D eigenvalue weighted by molar-refractivity contribution is -0.145. The van der Waals surface area contributed by atoms with E-state index < -0.39 is 0 Å². The number of H-pyrrole nitrogens is 1. The minimum Gasteiger partial charge on any atom is -0.351 e. The van der Waals surface area contributed by atoms with Gasteiger partial charge in [0.25, 0.3) is 0 Å². The Kier molecular flexibility index (Phi) is 3.99. The Morgan fingerprint density at radius 2 is 2.10 bits per heavy atom. The predicted molar refractivity (Wildman–Crippen MR) is 116 cm³/mol. The lowest BCUT2D eigenvalue weighted by Crippen LogP contribution is -2.53. The molecule has 31 heavy (non-hydrogen) atoms. The van der Waals surface area contributed by atoms with Gasteiger partial charge in [0.1, 0.15) is 12.0 Å². The predicted octanol–water partition coefficient (Wildman–Crippen LogP) is 2.87. The summed E-state index contributed by atoms with van der Waals surface area (Å²) in [7, 11) is 0. The highest BCUT2D eigenvalue weighted by atomic mass is 16.2. The quantitative estimate of drug-likeness (QED) is 0.530. The number of fused-ring (bicyclic) bond motifs is 2. The highest BCUT2D eigenvalue weighted by molar-refractivity contribution is 5.93. The summed E-state index contributed by atoms with van der Waals surface area (Å²) < 4.78 is 1.89. The van der Waals surface area contributed by atoms with Gasteiger partial charge in [0.15, 0.2) is 5.65 Å². The van der Waals surface area contributed by atoms with Crippen LogP contribution in [0.4, 0.5) is 5.95 Å². The van der Waals surface area contributed by atoms with Crippen molar-refractivity contribution in [1.29, 1.82) is 0 Å². The average Bonchev–Trinajstić information content (AvgIpc) is 3.51. The first kappa shape index (κ1) is 18.3. The molecule has 2 aliphatic rings. The second-order valence-electron chi connectivity index (χ2n) is 8.98. The van der Waals surface area contributed by atoms with Crippen LogP contribution in [0.25, 0.3) is 27.8 Å². The third-order valence-corrected chi connectivity index (χ3v) is 6.67. The lowest BCUT2D eigenvalue weighted by atomic mass is 9.66. The maximum absolute atomic E-state index is 12.8. The van der Waals surface area contributed by atoms with Gasteiger partial charge in [-0.1, -0.05) is 6.92 Å². The van der Waals surface area contributed by atoms with Crippen molar-refractivity contribution in [2.45, 2.75) is 38.6 Å². The van der Waals surface area contributed by atoms with E-state index in [1.54, 1.807) is 6.33 Å². The molecule has 9 nitrogen and oxygen atoms in total. The second-order valence-corrected chi connectivity index (χ2v) is 8.98. The van der Waals surface area contributed by atoms with Crippen molar-refractivity contribution in [3.8, 4) is 11.1 Å². The SMILES string of the molecule is CC1(C(=O)N2CCCC2)CC(Nc2ncc3c(-c4ccc5nncn5c4)c[nH]c3n2)C1. The van der Waals surface area contributed by atoms with Crippen LogP contribution in [0.2, 0.25) is 0 Å². The zero-order valence-corrected chi connectivity index (χ0v) is 17.4. The monoisotopic (exact) mass is 416 g/mol. The standard InChI is InChI=1S/C22H24N8O/c1-22(20(31)29-6-2-3-7-29)8-15(9-22)26-21-24-11-17-16(10-23-19(17)27-21)14-4-5-18-28-25-13-30(18)12-14/h4-5,10-13,15H,2-3,6-9H2,1H3,(H2,23,24,26,27). The molecule has 0 unspecified atom stereocenters. The van der Waals surface area contributed by atoms with E-state index in [-0.39, 0.29) is 11.5 Å². The van der Waals surface area contributed by atoms with Crippen LogP contribution in [0.15, 0.2) is 37.1 Å². The number of carbonyl (C=O) groups excluding carboxylic acids is 1. The highest BCUT2D eigenvalue weighted by Gasteiger charge is 2.48. The van der Waals surface area contributed by atoms with Gasteiger partial charge in [-0.05, 0) is 37.8 Å². The lowest BCUT2D eigenvalue weighted by Gasteiger charge is -2.45. The molecule has 2 fully saturated rings. The molecule has 158 valence electrons. The minimum atomic E-state index is -0.257. The minimum absolute atomic E-state index is 0.222. The Bertz CT molecular complexity index is 1280. The number of hydrogen-bond acceptors (Lipinski definition) is 6. The topological polar surface area (TPSA) is 104 Å². The molecular formula is C22H24N8O. The van der Waals surface area contributed by atoms with Crippen molar-refractivity contribution in [1.82, 2.24) is 34.4 Å². The van der Waals surface area contributed by atoms with E-state index in [9.17, 15) is 4.79 Å². The fraction of sp³-hybridized carbons (Fsp3) is 0.409. The molecule has 1 saturated carbocycles. The van der Waals surface area contributed by atoms with Crippen LogP contribution in [0.5, 0.6) is 0 Å². The van der Waals surface area contributed by atoms with Gasteiger partial charge in [0.2, 0.25) is 11.9 Å². The molecule has 6 rings (SSSR count). The van der Waals surface area contributed by atoms with E-state index in [4.69, 9.17) is 0 Å². The maximum Gasteiger partial charge on any atom is 0.228 e. The van der Waals surface area contributed by atoms with Gasteiger partial charge < -0.3 is 15.2 Å². The summed E-state index contributed by atoms with van der Waals surface area (Å²) in [6.07, 6.45) is 11.4. The van der Waals surface area contributed by atoms with E-state index >= 15 is 0 Å². The number of nitrogens with zero attached hydrogens (tertiary/aromatic N) is 6. The highest BCUT2D eigenvalue weighted by Crippen LogP contribution is 2.44. The van der Waals surface area contributed by atoms with Crippen LogP contribution >= 0.6 is 0 Å². The number of nitrogens with one attached hydrogen (secondary N) is 2. The number of aromatic amines is 1. The molecule has 0 bridgehead atoms. The maximum atomic E-state index is 12.8. The van der Waals surface area contributed by atoms with E-state index in [2.05, 4.69) is 37.4 Å². The molecule has 1 saturated heterocycles. The zero-order valence-electron chi connectivity index (χ0n) is 17.4. The second kappa shape index (κ2) is 6.76. The van der Waals surface area contributed by atoms with Gasteiger partial charge in [-0.2, -0.15) is 4.98 Å². The molecule has 2 N–H and O–H groups in total. The van der Waals surface area contributed by atoms with Crippen LogP contribution in [-0.2, 0) is 4.79 Å². The Balaban J connectivity index is 1.18. The molecule has 1 aliphatic heterocycles. The Morgan fingerprint density at radius 3 is 2.94 bits per heavy atom. The fourth-order valence-corrected chi connectivity index (χ4v) is 4.99. The van der Waals surface area contributed by atoms with Gasteiger partial charge in [-0.15, -0.1) is 10.2 Å². The summed E-state index contributed by atoms with van der Waals surface area (Å²) in [6, 6.07) is 4.18. The molecule has 5 heterocycles. The average molecular weight is 416 g/mol. The van der Waals surface area contributed by atoms with Gasteiger partial charge in [-0.25, -0.2) is 4.98 Å².